The molecule has 5 heteroatoms. The number of benzene rings is 1. The van der Waals surface area contributed by atoms with Gasteiger partial charge in [0.15, 0.2) is 0 Å². The van der Waals surface area contributed by atoms with E-state index in [0.717, 1.165) is 48.7 Å². The van der Waals surface area contributed by atoms with Crippen LogP contribution in [0, 0.1) is 5.82 Å². The van der Waals surface area contributed by atoms with Crippen LogP contribution >= 0.6 is 0 Å². The second-order valence-corrected chi connectivity index (χ2v) is 5.73. The van der Waals surface area contributed by atoms with Gasteiger partial charge in [0, 0.05) is 25.3 Å². The zero-order chi connectivity index (χ0) is 14.4. The van der Waals surface area contributed by atoms with Crippen molar-refractivity contribution in [3.63, 3.8) is 0 Å². The Bertz CT molecular complexity index is 705. The predicted molar refractivity (Wildman–Crippen MR) is 76.7 cm³/mol. The van der Waals surface area contributed by atoms with Crippen LogP contribution in [0.5, 0.6) is 0 Å². The van der Waals surface area contributed by atoms with E-state index in [9.17, 15) is 9.18 Å². The van der Waals surface area contributed by atoms with Crippen molar-refractivity contribution in [2.75, 3.05) is 5.32 Å². The molecule has 0 saturated carbocycles. The molecule has 0 unspecified atom stereocenters. The van der Waals surface area contributed by atoms with Gasteiger partial charge in [0.05, 0.1) is 5.69 Å². The van der Waals surface area contributed by atoms with Crippen molar-refractivity contribution >= 4 is 11.7 Å². The summed E-state index contributed by atoms with van der Waals surface area (Å²) in [6, 6.07) is 6.39. The number of rotatable bonds is 1. The number of nitrogens with zero attached hydrogens (tertiary/aromatic N) is 2. The minimum Gasteiger partial charge on any atom is -0.314 e. The molecule has 0 aliphatic carbocycles. The molecule has 2 aliphatic heterocycles. The number of anilines is 1. The predicted octanol–water partition coefficient (Wildman–Crippen LogP) is 2.83. The zero-order valence-electron chi connectivity index (χ0n) is 11.6. The van der Waals surface area contributed by atoms with Crippen LogP contribution in [-0.2, 0) is 17.8 Å². The lowest BCUT2D eigenvalue weighted by molar-refractivity contribution is -0.116. The molecule has 0 bridgehead atoms. The molecule has 4 rings (SSSR count). The Morgan fingerprint density at radius 3 is 2.86 bits per heavy atom. The van der Waals surface area contributed by atoms with Crippen LogP contribution in [0.3, 0.4) is 0 Å². The number of amides is 1. The number of carbonyl (C=O) groups is 1. The van der Waals surface area contributed by atoms with E-state index in [1.54, 1.807) is 12.1 Å². The van der Waals surface area contributed by atoms with Crippen LogP contribution in [-0.4, -0.2) is 15.5 Å². The van der Waals surface area contributed by atoms with Crippen molar-refractivity contribution in [3.05, 3.63) is 47.2 Å². The molecule has 2 aromatic rings. The molecule has 4 nitrogen and oxygen atoms in total. The molecule has 1 amide bonds. The molecule has 1 atom stereocenters. The molecular formula is C16H16FN3O. The van der Waals surface area contributed by atoms with Gasteiger partial charge in [0.25, 0.3) is 0 Å². The van der Waals surface area contributed by atoms with Gasteiger partial charge in [0.2, 0.25) is 5.91 Å². The number of imidazole rings is 1. The number of aromatic nitrogens is 2. The summed E-state index contributed by atoms with van der Waals surface area (Å²) < 4.78 is 15.2. The lowest BCUT2D eigenvalue weighted by atomic mass is 9.90. The van der Waals surface area contributed by atoms with Gasteiger partial charge in [-0.15, -0.1) is 0 Å². The maximum atomic E-state index is 13.1. The Labute approximate surface area is 122 Å². The molecule has 0 spiro atoms. The average Bonchev–Trinajstić information content (AvgIpc) is 2.86. The van der Waals surface area contributed by atoms with E-state index in [-0.39, 0.29) is 17.6 Å². The minimum atomic E-state index is -0.261. The molecule has 0 saturated heterocycles. The summed E-state index contributed by atoms with van der Waals surface area (Å²) in [4.78, 5) is 16.8. The topological polar surface area (TPSA) is 46.9 Å². The van der Waals surface area contributed by atoms with Gasteiger partial charge in [0.1, 0.15) is 17.5 Å². The van der Waals surface area contributed by atoms with Gasteiger partial charge in [-0.1, -0.05) is 12.1 Å². The Balaban J connectivity index is 1.82. The molecule has 108 valence electrons. The summed E-state index contributed by atoms with van der Waals surface area (Å²) in [5.74, 6) is 1.57. The van der Waals surface area contributed by atoms with Gasteiger partial charge in [-0.3, -0.25) is 4.79 Å². The van der Waals surface area contributed by atoms with Crippen molar-refractivity contribution in [1.29, 1.82) is 0 Å². The van der Waals surface area contributed by atoms with Gasteiger partial charge < -0.3 is 9.88 Å². The monoisotopic (exact) mass is 285 g/mol. The molecule has 1 N–H and O–H groups in total. The van der Waals surface area contributed by atoms with Crippen LogP contribution in [0.25, 0.3) is 0 Å². The van der Waals surface area contributed by atoms with Crippen molar-refractivity contribution in [1.82, 2.24) is 9.55 Å². The summed E-state index contributed by atoms with van der Waals surface area (Å²) in [7, 11) is 0. The first-order chi connectivity index (χ1) is 10.2. The molecule has 1 aromatic carbocycles. The molecule has 3 heterocycles. The number of fused-ring (bicyclic) bond motifs is 3. The van der Waals surface area contributed by atoms with Crippen molar-refractivity contribution in [2.45, 2.75) is 38.1 Å². The maximum absolute atomic E-state index is 13.1. The van der Waals surface area contributed by atoms with E-state index in [2.05, 4.69) is 9.88 Å². The molecule has 21 heavy (non-hydrogen) atoms. The third-order valence-electron chi connectivity index (χ3n) is 4.36. The lowest BCUT2D eigenvalue weighted by Crippen LogP contribution is -2.25. The van der Waals surface area contributed by atoms with Gasteiger partial charge >= 0.3 is 0 Å². The molecular weight excluding hydrogens is 269 g/mol. The summed E-state index contributed by atoms with van der Waals surface area (Å²) in [6.07, 6.45) is 3.59. The van der Waals surface area contributed by atoms with E-state index in [1.807, 2.05) is 0 Å². The van der Waals surface area contributed by atoms with Crippen molar-refractivity contribution in [2.24, 2.45) is 0 Å². The standard InChI is InChI=1S/C16H16FN3O/c17-11-6-4-10(5-7-11)12-9-14(21)19-16-15(12)18-13-3-1-2-8-20(13)16/h4-7,12H,1-3,8-9H2,(H,19,21)/t12-/m0/s1. The van der Waals surface area contributed by atoms with E-state index in [1.165, 1.54) is 12.1 Å². The minimum absolute atomic E-state index is 0.00472. The molecule has 1 aromatic heterocycles. The first-order valence-corrected chi connectivity index (χ1v) is 7.37. The van der Waals surface area contributed by atoms with Crippen LogP contribution in [0.2, 0.25) is 0 Å². The quantitative estimate of drug-likeness (QED) is 0.875. The van der Waals surface area contributed by atoms with Crippen LogP contribution in [0.4, 0.5) is 10.2 Å². The lowest BCUT2D eigenvalue weighted by Gasteiger charge is -2.24. The van der Waals surface area contributed by atoms with Gasteiger partial charge in [-0.25, -0.2) is 9.37 Å². The van der Waals surface area contributed by atoms with Crippen molar-refractivity contribution < 1.29 is 9.18 Å². The summed E-state index contributed by atoms with van der Waals surface area (Å²) in [5, 5.41) is 2.97. The number of carbonyl (C=O) groups excluding carboxylic acids is 1. The second kappa shape index (κ2) is 4.69. The fourth-order valence-corrected chi connectivity index (χ4v) is 3.31. The van der Waals surface area contributed by atoms with E-state index < -0.39 is 0 Å². The largest absolute Gasteiger partial charge is 0.314 e. The number of halogens is 1. The SMILES string of the molecule is O=C1C[C@@H](c2ccc(F)cc2)c2nc3n(c2N1)CCCC3. The second-order valence-electron chi connectivity index (χ2n) is 5.73. The number of nitrogens with one attached hydrogen (secondary N) is 1. The maximum Gasteiger partial charge on any atom is 0.226 e. The highest BCUT2D eigenvalue weighted by molar-refractivity contribution is 5.94. The summed E-state index contributed by atoms with van der Waals surface area (Å²) in [6.45, 7) is 0.911. The molecule has 0 radical (unpaired) electrons. The number of hydrogen-bond donors (Lipinski definition) is 1. The number of aryl methyl sites for hydroxylation is 1. The van der Waals surface area contributed by atoms with Crippen molar-refractivity contribution in [3.8, 4) is 0 Å². The highest BCUT2D eigenvalue weighted by Gasteiger charge is 2.32. The number of hydrogen-bond acceptors (Lipinski definition) is 2. The van der Waals surface area contributed by atoms with Crippen LogP contribution < -0.4 is 5.32 Å². The van der Waals surface area contributed by atoms with Gasteiger partial charge in [-0.2, -0.15) is 0 Å². The third-order valence-corrected chi connectivity index (χ3v) is 4.36. The Kier molecular flexibility index (Phi) is 2.80. The Morgan fingerprint density at radius 2 is 2.05 bits per heavy atom. The van der Waals surface area contributed by atoms with E-state index >= 15 is 0 Å². The normalized spacial score (nSPS) is 20.6. The smallest absolute Gasteiger partial charge is 0.226 e. The Morgan fingerprint density at radius 1 is 1.24 bits per heavy atom. The molecule has 2 aliphatic rings. The van der Waals surface area contributed by atoms with Gasteiger partial charge in [-0.05, 0) is 30.5 Å². The molecule has 0 fully saturated rings. The van der Waals surface area contributed by atoms with E-state index in [0.29, 0.717) is 6.42 Å². The zero-order valence-corrected chi connectivity index (χ0v) is 11.6. The average molecular weight is 285 g/mol. The Hall–Kier alpha value is -2.17. The fraction of sp³-hybridized carbons (Fsp3) is 0.375. The fourth-order valence-electron chi connectivity index (χ4n) is 3.31. The summed E-state index contributed by atoms with van der Waals surface area (Å²) >= 11 is 0. The highest BCUT2D eigenvalue weighted by atomic mass is 19.1. The van der Waals surface area contributed by atoms with Crippen LogP contribution in [0.15, 0.2) is 24.3 Å². The third kappa shape index (κ3) is 2.04. The first-order valence-electron chi connectivity index (χ1n) is 7.37. The summed E-state index contributed by atoms with van der Waals surface area (Å²) in [5.41, 5.74) is 1.88. The first kappa shape index (κ1) is 12.6. The van der Waals surface area contributed by atoms with Crippen LogP contribution in [0.1, 0.15) is 42.3 Å². The van der Waals surface area contributed by atoms with E-state index in [4.69, 9.17) is 4.98 Å². The highest BCUT2D eigenvalue weighted by Crippen LogP contribution is 2.38.